The van der Waals surface area contributed by atoms with Crippen molar-refractivity contribution < 1.29 is 78.9 Å². The van der Waals surface area contributed by atoms with Crippen LogP contribution in [0.25, 0.3) is 0 Å². The molecule has 0 aromatic rings. The van der Waals surface area contributed by atoms with Crippen LogP contribution in [0.5, 0.6) is 0 Å². The van der Waals surface area contributed by atoms with Crippen LogP contribution in [0.2, 0.25) is 0 Å². The summed E-state index contributed by atoms with van der Waals surface area (Å²) in [7, 11) is -8.05. The summed E-state index contributed by atoms with van der Waals surface area (Å²) in [4.78, 5) is 117. The van der Waals surface area contributed by atoms with Crippen LogP contribution in [0.15, 0.2) is 24.3 Å². The quantitative estimate of drug-likeness (QED) is 0.147. The van der Waals surface area contributed by atoms with E-state index < -0.39 is 150 Å². The number of alkyl carbamates (subject to hydrolysis) is 2. The Morgan fingerprint density at radius 2 is 0.975 bits per heavy atom. The Morgan fingerprint density at radius 3 is 1.35 bits per heavy atom. The largest absolute Gasteiger partial charge is 0.444 e. The van der Waals surface area contributed by atoms with E-state index in [0.29, 0.717) is 103 Å². The van der Waals surface area contributed by atoms with Crippen molar-refractivity contribution in [3.05, 3.63) is 24.3 Å². The number of amides is 8. The molecular formula is C52H74N8O17S2. The second kappa shape index (κ2) is 23.6. The van der Waals surface area contributed by atoms with Crippen LogP contribution in [0.1, 0.15) is 128 Å². The molecule has 436 valence electrons. The fraction of sp³-hybridized carbons (Fsp3) is 0.769. The van der Waals surface area contributed by atoms with Gasteiger partial charge in [0, 0.05) is 50.6 Å². The van der Waals surface area contributed by atoms with Gasteiger partial charge in [-0.05, 0) is 77.0 Å². The second-order valence-electron chi connectivity index (χ2n) is 23.1. The molecule has 10 aliphatic rings. The molecule has 8 amide bonds. The van der Waals surface area contributed by atoms with E-state index in [2.05, 4.69) is 30.7 Å². The lowest BCUT2D eigenvalue weighted by Gasteiger charge is -2.30. The molecule has 4 saturated heterocycles. The molecular weight excluding hydrogens is 1070 g/mol. The number of nitrogens with zero attached hydrogens (tertiary/aromatic N) is 2. The first-order valence-electron chi connectivity index (χ1n) is 28.3. The first kappa shape index (κ1) is 56.9. The van der Waals surface area contributed by atoms with Crippen molar-refractivity contribution in [3.63, 3.8) is 0 Å². The third-order valence-corrected chi connectivity index (χ3v) is 20.6. The molecule has 0 aromatic heterocycles. The van der Waals surface area contributed by atoms with E-state index in [1.165, 1.54) is 9.80 Å². The normalized spacial score (nSPS) is 36.4. The minimum atomic E-state index is -4.03. The standard InChI is InChI=1S/C52H74N8O17S2/c61-43-41-23-35(27-59(41)45(63)39(53-49(67)76-33-19-21-73-29-33)13-9-5-1-3-7-11-31-25-51(31,55-43)47(65)57-78(69,70)37-15-16-37)75-36-24-42-44(62)56-52(48(66)58-79(71,72)38-17-18-38)26-32(52)12-8-4-2-6-10-14-40(46(64)60(42)28-36)54-50(68)77-34-20-22-74-30-34/h7-8,11-12,31-42H,1-6,9-10,13-30H2,(H,53,67)(H,54,68)(H,55,61)(H,56,62)(H,57,65)(H,58,66)/b11-7-,12-8-. The smallest absolute Gasteiger partial charge is 0.408 e. The third-order valence-electron chi connectivity index (χ3n) is 17.0. The van der Waals surface area contributed by atoms with E-state index in [4.69, 9.17) is 23.7 Å². The van der Waals surface area contributed by atoms with Gasteiger partial charge in [-0.15, -0.1) is 0 Å². The zero-order valence-electron chi connectivity index (χ0n) is 44.3. The minimum absolute atomic E-state index is 0.0943. The summed E-state index contributed by atoms with van der Waals surface area (Å²) in [6.07, 6.45) is 10.4. The average molecular weight is 1150 g/mol. The topological polar surface area (TPSA) is 330 Å². The van der Waals surface area contributed by atoms with Gasteiger partial charge in [0.25, 0.3) is 11.8 Å². The Morgan fingerprint density at radius 1 is 0.557 bits per heavy atom. The fourth-order valence-corrected chi connectivity index (χ4v) is 14.6. The van der Waals surface area contributed by atoms with Crippen LogP contribution in [-0.2, 0) is 72.5 Å². The van der Waals surface area contributed by atoms with Crippen molar-refractivity contribution in [2.75, 3.05) is 39.5 Å². The number of nitrogens with one attached hydrogen (secondary N) is 6. The zero-order valence-corrected chi connectivity index (χ0v) is 45.9. The Labute approximate surface area is 459 Å². The molecule has 6 N–H and O–H groups in total. The van der Waals surface area contributed by atoms with Gasteiger partial charge in [0.1, 0.15) is 47.5 Å². The van der Waals surface area contributed by atoms with Crippen molar-refractivity contribution in [2.24, 2.45) is 11.8 Å². The van der Waals surface area contributed by atoms with E-state index in [1.54, 1.807) is 12.2 Å². The number of carbonyl (C=O) groups excluding carboxylic acids is 8. The molecule has 8 fully saturated rings. The van der Waals surface area contributed by atoms with Crippen molar-refractivity contribution in [1.82, 2.24) is 40.5 Å². The van der Waals surface area contributed by atoms with Crippen LogP contribution in [0.4, 0.5) is 9.59 Å². The van der Waals surface area contributed by atoms with Crippen molar-refractivity contribution in [3.8, 4) is 0 Å². The number of ether oxygens (including phenoxy) is 5. The molecule has 4 saturated carbocycles. The molecule has 0 bridgehead atoms. The van der Waals surface area contributed by atoms with Gasteiger partial charge < -0.3 is 54.8 Å². The van der Waals surface area contributed by atoms with Gasteiger partial charge in [0.05, 0.1) is 49.1 Å². The number of hydrogen-bond donors (Lipinski definition) is 6. The predicted octanol–water partition coefficient (Wildman–Crippen LogP) is 0.717. The number of allylic oxidation sites excluding steroid dienone is 2. The first-order chi connectivity index (χ1) is 37.8. The number of fused-ring (bicyclic) bond motifs is 4. The molecule has 6 heterocycles. The lowest BCUT2D eigenvalue weighted by molar-refractivity contribution is -0.141. The summed E-state index contributed by atoms with van der Waals surface area (Å²) in [5.41, 5.74) is -3.32. The van der Waals surface area contributed by atoms with Crippen LogP contribution >= 0.6 is 0 Å². The summed E-state index contributed by atoms with van der Waals surface area (Å²) in [6.45, 7) is 0.727. The first-order valence-corrected chi connectivity index (χ1v) is 31.4. The maximum absolute atomic E-state index is 15.0. The van der Waals surface area contributed by atoms with Gasteiger partial charge in [0.2, 0.25) is 43.7 Å². The molecule has 0 aromatic carbocycles. The maximum Gasteiger partial charge on any atom is 0.408 e. The van der Waals surface area contributed by atoms with E-state index in [9.17, 15) is 55.2 Å². The molecule has 0 radical (unpaired) electrons. The minimum Gasteiger partial charge on any atom is -0.444 e. The van der Waals surface area contributed by atoms with Gasteiger partial charge in [-0.25, -0.2) is 26.4 Å². The van der Waals surface area contributed by atoms with Crippen molar-refractivity contribution in [2.45, 2.75) is 199 Å². The van der Waals surface area contributed by atoms with Gasteiger partial charge in [-0.3, -0.25) is 38.2 Å². The number of rotatable bonds is 12. The predicted molar refractivity (Wildman–Crippen MR) is 277 cm³/mol. The summed E-state index contributed by atoms with van der Waals surface area (Å²) in [5.74, 6) is -5.72. The molecule has 4 aliphatic carbocycles. The Bertz CT molecular complexity index is 2500. The van der Waals surface area contributed by atoms with E-state index in [1.807, 2.05) is 12.2 Å². The number of sulfonamides is 2. The fourth-order valence-electron chi connectivity index (χ4n) is 11.9. The molecule has 0 spiro atoms. The lowest BCUT2D eigenvalue weighted by atomic mass is 10.0. The molecule has 27 heteroatoms. The lowest BCUT2D eigenvalue weighted by Crippen LogP contribution is -2.58. The Kier molecular flexibility index (Phi) is 17.0. The SMILES string of the molecule is O=C(NC1CCCCC/C=C\C2CC2(C(=O)NS(=O)(=O)C2CC2)NC(=O)C2CC(OC3CC4C(=O)NC5(C(=O)NS(=O)(=O)C6CC6)CC5/C=C\CCCCCC(NC(=O)OC5CCOC5)C(=O)N4C3)CN2C1=O)OC1CCOC1. The van der Waals surface area contributed by atoms with E-state index in [-0.39, 0.29) is 64.8 Å². The second-order valence-corrected chi connectivity index (χ2v) is 27.0. The summed E-state index contributed by atoms with van der Waals surface area (Å²) >= 11 is 0. The summed E-state index contributed by atoms with van der Waals surface area (Å²) < 4.78 is 85.4. The maximum atomic E-state index is 15.0. The Hall–Kier alpha value is -5.38. The summed E-state index contributed by atoms with van der Waals surface area (Å²) in [6, 6.07) is -5.00. The molecule has 12 atom stereocenters. The number of carbonyl (C=O) groups is 8. The molecule has 79 heavy (non-hydrogen) atoms. The Balaban J connectivity index is 0.924. The highest BCUT2D eigenvalue weighted by atomic mass is 32.2. The van der Waals surface area contributed by atoms with Crippen LogP contribution in [-0.4, -0.2) is 184 Å². The molecule has 6 aliphatic heterocycles. The third kappa shape index (κ3) is 13.4. The highest BCUT2D eigenvalue weighted by Crippen LogP contribution is 2.48. The van der Waals surface area contributed by atoms with Gasteiger partial charge >= 0.3 is 12.2 Å². The van der Waals surface area contributed by atoms with Gasteiger partial charge in [0.15, 0.2) is 0 Å². The highest BCUT2D eigenvalue weighted by molar-refractivity contribution is 7.91. The van der Waals surface area contributed by atoms with Crippen LogP contribution < -0.4 is 30.7 Å². The van der Waals surface area contributed by atoms with E-state index in [0.717, 1.165) is 0 Å². The number of hydrogen-bond acceptors (Lipinski definition) is 17. The average Bonchev–Trinajstić information content (AvgIpc) is 4.57. The van der Waals surface area contributed by atoms with Crippen molar-refractivity contribution >= 4 is 67.7 Å². The van der Waals surface area contributed by atoms with E-state index >= 15 is 0 Å². The zero-order chi connectivity index (χ0) is 55.7. The monoisotopic (exact) mass is 1150 g/mol. The molecule has 10 rings (SSSR count). The molecule has 25 nitrogen and oxygen atoms in total. The highest BCUT2D eigenvalue weighted by Gasteiger charge is 2.64. The molecule has 12 unspecified atom stereocenters. The van der Waals surface area contributed by atoms with Crippen molar-refractivity contribution in [1.29, 1.82) is 0 Å². The van der Waals surface area contributed by atoms with Gasteiger partial charge in [-0.2, -0.15) is 0 Å². The van der Waals surface area contributed by atoms with Gasteiger partial charge in [-0.1, -0.05) is 50.0 Å². The van der Waals surface area contributed by atoms with Crippen LogP contribution in [0.3, 0.4) is 0 Å². The van der Waals surface area contributed by atoms with Crippen LogP contribution in [0, 0.1) is 11.8 Å². The summed E-state index contributed by atoms with van der Waals surface area (Å²) in [5, 5.41) is 9.69.